The Morgan fingerprint density at radius 2 is 1.22 bits per heavy atom. The molecule has 0 bridgehead atoms. The molecule has 1 saturated heterocycles. The van der Waals surface area contributed by atoms with Crippen molar-refractivity contribution in [3.8, 4) is 0 Å². The molecule has 1 fully saturated rings. The van der Waals surface area contributed by atoms with Gasteiger partial charge in [0.15, 0.2) is 4.87 Å². The van der Waals surface area contributed by atoms with E-state index in [1.54, 1.807) is 0 Å². The zero-order chi connectivity index (χ0) is 16.1. The van der Waals surface area contributed by atoms with Crippen LogP contribution in [0.25, 0.3) is 0 Å². The highest BCUT2D eigenvalue weighted by Crippen LogP contribution is 2.39. The summed E-state index contributed by atoms with van der Waals surface area (Å²) in [5, 5.41) is 0. The SMILES string of the molecule is O=C(N1CCCCCC1)C(Cl)(c1ccccc1)c1ccccc1. The third-order valence-corrected chi connectivity index (χ3v) is 5.13. The van der Waals surface area contributed by atoms with Crippen molar-refractivity contribution in [3.63, 3.8) is 0 Å². The van der Waals surface area contributed by atoms with E-state index in [0.29, 0.717) is 0 Å². The number of carbonyl (C=O) groups is 1. The highest BCUT2D eigenvalue weighted by atomic mass is 35.5. The molecule has 1 aliphatic heterocycles. The Bertz CT molecular complexity index is 594. The maximum absolute atomic E-state index is 13.4. The molecule has 0 saturated carbocycles. The predicted octanol–water partition coefficient (Wildman–Crippen LogP) is 4.57. The van der Waals surface area contributed by atoms with Crippen LogP contribution in [0.1, 0.15) is 36.8 Å². The molecule has 0 atom stereocenters. The van der Waals surface area contributed by atoms with E-state index < -0.39 is 4.87 Å². The number of benzene rings is 2. The Hall–Kier alpha value is -1.80. The molecule has 1 aliphatic rings. The van der Waals surface area contributed by atoms with E-state index in [4.69, 9.17) is 11.6 Å². The van der Waals surface area contributed by atoms with E-state index in [2.05, 4.69) is 0 Å². The van der Waals surface area contributed by atoms with Crippen LogP contribution in [0, 0.1) is 0 Å². The molecule has 120 valence electrons. The molecule has 2 aromatic carbocycles. The zero-order valence-electron chi connectivity index (χ0n) is 13.2. The lowest BCUT2D eigenvalue weighted by atomic mass is 9.89. The second-order valence-corrected chi connectivity index (χ2v) is 6.66. The molecule has 1 amide bonds. The molecular weight excluding hydrogens is 306 g/mol. The Kier molecular flexibility index (Phi) is 5.02. The van der Waals surface area contributed by atoms with Gasteiger partial charge < -0.3 is 4.90 Å². The van der Waals surface area contributed by atoms with E-state index in [9.17, 15) is 4.79 Å². The molecule has 0 radical (unpaired) electrons. The van der Waals surface area contributed by atoms with Gasteiger partial charge in [-0.3, -0.25) is 4.79 Å². The minimum Gasteiger partial charge on any atom is -0.341 e. The smallest absolute Gasteiger partial charge is 0.252 e. The number of halogens is 1. The second kappa shape index (κ2) is 7.18. The quantitative estimate of drug-likeness (QED) is 0.756. The van der Waals surface area contributed by atoms with E-state index in [1.807, 2.05) is 65.6 Å². The van der Waals surface area contributed by atoms with Crippen molar-refractivity contribution in [3.05, 3.63) is 71.8 Å². The average molecular weight is 328 g/mol. The monoisotopic (exact) mass is 327 g/mol. The molecular formula is C20H22ClNO. The van der Waals surface area contributed by atoms with E-state index in [1.165, 1.54) is 12.8 Å². The zero-order valence-corrected chi connectivity index (χ0v) is 14.0. The van der Waals surface area contributed by atoms with Crippen LogP contribution in [-0.4, -0.2) is 23.9 Å². The number of carbonyl (C=O) groups excluding carboxylic acids is 1. The molecule has 2 nitrogen and oxygen atoms in total. The number of hydrogen-bond acceptors (Lipinski definition) is 1. The predicted molar refractivity (Wildman–Crippen MR) is 94.6 cm³/mol. The van der Waals surface area contributed by atoms with E-state index in [0.717, 1.165) is 37.1 Å². The lowest BCUT2D eigenvalue weighted by molar-refractivity contribution is -0.133. The van der Waals surface area contributed by atoms with Gasteiger partial charge in [-0.25, -0.2) is 0 Å². The van der Waals surface area contributed by atoms with Crippen molar-refractivity contribution in [2.45, 2.75) is 30.6 Å². The highest BCUT2D eigenvalue weighted by molar-refractivity contribution is 6.37. The Morgan fingerprint density at radius 1 is 0.783 bits per heavy atom. The first kappa shape index (κ1) is 16.1. The van der Waals surface area contributed by atoms with Gasteiger partial charge in [-0.05, 0) is 24.0 Å². The van der Waals surface area contributed by atoms with Crippen LogP contribution in [0.4, 0.5) is 0 Å². The fourth-order valence-electron chi connectivity index (χ4n) is 3.24. The summed E-state index contributed by atoms with van der Waals surface area (Å²) in [6, 6.07) is 19.4. The summed E-state index contributed by atoms with van der Waals surface area (Å²) in [4.78, 5) is 14.2. The summed E-state index contributed by atoms with van der Waals surface area (Å²) in [5.41, 5.74) is 1.67. The molecule has 0 aromatic heterocycles. The summed E-state index contributed by atoms with van der Waals surface area (Å²) in [6.45, 7) is 1.60. The van der Waals surface area contributed by atoms with E-state index >= 15 is 0 Å². The van der Waals surface area contributed by atoms with Crippen molar-refractivity contribution in [2.75, 3.05) is 13.1 Å². The first-order chi connectivity index (χ1) is 11.2. The minimum absolute atomic E-state index is 0.00142. The van der Waals surface area contributed by atoms with Gasteiger partial charge in [-0.15, -0.1) is 0 Å². The Balaban J connectivity index is 2.03. The van der Waals surface area contributed by atoms with Crippen LogP contribution < -0.4 is 0 Å². The Labute approximate surface area is 143 Å². The van der Waals surface area contributed by atoms with Crippen LogP contribution in [0.5, 0.6) is 0 Å². The second-order valence-electron chi connectivity index (χ2n) is 6.10. The van der Waals surface area contributed by atoms with Gasteiger partial charge in [0.25, 0.3) is 5.91 Å². The summed E-state index contributed by atoms with van der Waals surface area (Å²) >= 11 is 7.04. The van der Waals surface area contributed by atoms with Crippen molar-refractivity contribution < 1.29 is 4.79 Å². The normalized spacial score (nSPS) is 16.0. The standard InChI is InChI=1S/C20H22ClNO/c21-20(17-11-5-3-6-12-17,18-13-7-4-8-14-18)19(23)22-15-9-1-2-10-16-22/h3-8,11-14H,1-2,9-10,15-16H2. The highest BCUT2D eigenvalue weighted by Gasteiger charge is 2.42. The summed E-state index contributed by atoms with van der Waals surface area (Å²) < 4.78 is 0. The number of likely N-dealkylation sites (tertiary alicyclic amines) is 1. The third kappa shape index (κ3) is 3.28. The summed E-state index contributed by atoms with van der Waals surface area (Å²) in [5.74, 6) is -0.00142. The molecule has 3 rings (SSSR count). The van der Waals surface area contributed by atoms with Crippen LogP contribution in [-0.2, 0) is 9.67 Å². The fraction of sp³-hybridized carbons (Fsp3) is 0.350. The van der Waals surface area contributed by atoms with Crippen LogP contribution in [0.15, 0.2) is 60.7 Å². The van der Waals surface area contributed by atoms with Crippen molar-refractivity contribution >= 4 is 17.5 Å². The number of rotatable bonds is 3. The van der Waals surface area contributed by atoms with E-state index in [-0.39, 0.29) is 5.91 Å². The van der Waals surface area contributed by atoms with Gasteiger partial charge in [0, 0.05) is 13.1 Å². The van der Waals surface area contributed by atoms with Gasteiger partial charge in [-0.1, -0.05) is 85.1 Å². The topological polar surface area (TPSA) is 20.3 Å². The lowest BCUT2D eigenvalue weighted by Gasteiger charge is -2.33. The molecule has 0 aliphatic carbocycles. The molecule has 1 heterocycles. The Morgan fingerprint density at radius 3 is 1.65 bits per heavy atom. The molecule has 2 aromatic rings. The molecule has 3 heteroatoms. The first-order valence-corrected chi connectivity index (χ1v) is 8.70. The fourth-order valence-corrected chi connectivity index (χ4v) is 3.61. The van der Waals surface area contributed by atoms with Crippen LogP contribution in [0.3, 0.4) is 0 Å². The first-order valence-electron chi connectivity index (χ1n) is 8.32. The van der Waals surface area contributed by atoms with Crippen molar-refractivity contribution in [1.82, 2.24) is 4.90 Å². The number of hydrogen-bond donors (Lipinski definition) is 0. The van der Waals surface area contributed by atoms with Gasteiger partial charge in [0.1, 0.15) is 0 Å². The minimum atomic E-state index is -1.15. The third-order valence-electron chi connectivity index (χ3n) is 4.53. The molecule has 0 unspecified atom stereocenters. The number of nitrogens with zero attached hydrogens (tertiary/aromatic N) is 1. The van der Waals surface area contributed by atoms with Crippen LogP contribution in [0.2, 0.25) is 0 Å². The molecule has 23 heavy (non-hydrogen) atoms. The lowest BCUT2D eigenvalue weighted by Crippen LogP contribution is -2.44. The molecule has 0 N–H and O–H groups in total. The summed E-state index contributed by atoms with van der Waals surface area (Å²) in [7, 11) is 0. The van der Waals surface area contributed by atoms with Gasteiger partial charge in [0.2, 0.25) is 0 Å². The van der Waals surface area contributed by atoms with Gasteiger partial charge >= 0.3 is 0 Å². The maximum atomic E-state index is 13.4. The van der Waals surface area contributed by atoms with Gasteiger partial charge in [-0.2, -0.15) is 0 Å². The van der Waals surface area contributed by atoms with Crippen molar-refractivity contribution in [1.29, 1.82) is 0 Å². The number of amides is 1. The molecule has 0 spiro atoms. The van der Waals surface area contributed by atoms with Crippen LogP contribution >= 0.6 is 11.6 Å². The maximum Gasteiger partial charge on any atom is 0.252 e. The number of alkyl halides is 1. The summed E-state index contributed by atoms with van der Waals surface area (Å²) in [6.07, 6.45) is 4.50. The van der Waals surface area contributed by atoms with Crippen molar-refractivity contribution in [2.24, 2.45) is 0 Å². The average Bonchev–Trinajstić information content (AvgIpc) is 2.91. The largest absolute Gasteiger partial charge is 0.341 e. The van der Waals surface area contributed by atoms with Gasteiger partial charge in [0.05, 0.1) is 0 Å².